The van der Waals surface area contributed by atoms with Crippen LogP contribution >= 0.6 is 23.2 Å². The van der Waals surface area contributed by atoms with Gasteiger partial charge in [0.25, 0.3) is 0 Å². The molecule has 0 heterocycles. The number of hydrogen-bond donors (Lipinski definition) is 6. The first-order chi connectivity index (χ1) is 20.8. The van der Waals surface area contributed by atoms with Crippen molar-refractivity contribution in [1.82, 2.24) is 0 Å². The fourth-order valence-corrected chi connectivity index (χ4v) is 3.65. The number of phenolic OH excluding ortho intramolecular Hbond substituents is 1. The molecule has 0 aliphatic carbocycles. The first kappa shape index (κ1) is 36.4. The number of aryl methyl sites for hydroxylation is 1. The summed E-state index contributed by atoms with van der Waals surface area (Å²) in [6, 6.07) is 18.2. The van der Waals surface area contributed by atoms with Crippen LogP contribution in [-0.2, 0) is 12.4 Å². The number of nitrogens with one attached hydrogen (secondary N) is 3. The molecule has 0 saturated heterocycles. The monoisotopic (exact) mass is 675 g/mol. The Kier molecular flexibility index (Phi) is 12.7. The molecule has 0 atom stereocenters. The Labute approximate surface area is 262 Å². The lowest BCUT2D eigenvalue weighted by Crippen LogP contribution is -2.19. The van der Waals surface area contributed by atoms with Crippen molar-refractivity contribution in [3.63, 3.8) is 0 Å². The summed E-state index contributed by atoms with van der Waals surface area (Å²) in [5, 5.41) is 15.3. The molecule has 4 aromatic carbocycles. The number of alkyl halides is 6. The van der Waals surface area contributed by atoms with E-state index in [4.69, 9.17) is 39.8 Å². The van der Waals surface area contributed by atoms with Crippen molar-refractivity contribution in [1.29, 1.82) is 0 Å². The van der Waals surface area contributed by atoms with E-state index in [0.717, 1.165) is 29.8 Å². The van der Waals surface area contributed by atoms with Gasteiger partial charge in [0, 0.05) is 22.7 Å². The summed E-state index contributed by atoms with van der Waals surface area (Å²) < 4.78 is 74.5. The molecule has 16 heteroatoms. The smallest absolute Gasteiger partial charge is 0.417 e. The number of primary amides is 1. The van der Waals surface area contributed by atoms with Crippen molar-refractivity contribution >= 4 is 58.0 Å². The van der Waals surface area contributed by atoms with Crippen LogP contribution in [0.1, 0.15) is 16.7 Å². The molecule has 45 heavy (non-hydrogen) atoms. The molecule has 0 saturated carbocycles. The molecule has 8 nitrogen and oxygen atoms in total. The summed E-state index contributed by atoms with van der Waals surface area (Å²) in [7, 11) is 0. The highest BCUT2D eigenvalue weighted by Gasteiger charge is 2.34. The Bertz CT molecular complexity index is 1600. The van der Waals surface area contributed by atoms with Crippen molar-refractivity contribution < 1.29 is 41.0 Å². The van der Waals surface area contributed by atoms with Crippen LogP contribution in [0, 0.1) is 6.92 Å². The van der Waals surface area contributed by atoms with E-state index in [2.05, 4.69) is 16.0 Å². The second-order valence-electron chi connectivity index (χ2n) is 8.91. The average Bonchev–Trinajstić information content (AvgIpc) is 2.93. The maximum Gasteiger partial charge on any atom is 0.417 e. The van der Waals surface area contributed by atoms with Gasteiger partial charge in [-0.1, -0.05) is 40.9 Å². The van der Waals surface area contributed by atoms with Crippen LogP contribution in [0.15, 0.2) is 84.9 Å². The van der Waals surface area contributed by atoms with E-state index in [1.54, 1.807) is 36.4 Å². The molecule has 4 aromatic rings. The third-order valence-electron chi connectivity index (χ3n) is 5.27. The number of anilines is 4. The number of nitrogens with two attached hydrogens (primary N) is 2. The Balaban J connectivity index is 0.000000259. The predicted octanol–water partition coefficient (Wildman–Crippen LogP) is 9.14. The number of urea groups is 2. The minimum atomic E-state index is -4.58. The molecule has 0 fully saturated rings. The number of benzene rings is 4. The van der Waals surface area contributed by atoms with Gasteiger partial charge in [-0.2, -0.15) is 26.3 Å². The van der Waals surface area contributed by atoms with Crippen LogP contribution in [0.25, 0.3) is 0 Å². The molecule has 0 aliphatic rings. The number of nitrogen functional groups attached to an aromatic ring is 1. The zero-order valence-electron chi connectivity index (χ0n) is 23.0. The Morgan fingerprint density at radius 2 is 1.09 bits per heavy atom. The van der Waals surface area contributed by atoms with Gasteiger partial charge in [-0.15, -0.1) is 0 Å². The summed E-state index contributed by atoms with van der Waals surface area (Å²) in [4.78, 5) is 22.1. The standard InChI is InChI=1S/C15H12ClF3N2O.C7H5ClF3N.C7H8N2O2/c1-9-2-4-10(5-3-9)20-14(22)21-11-6-7-13(16)12(8-11)15(17,18)19;8-6-2-1-4(12)3-5(6)7(9,10)11;8-7(11)9-5-1-3-6(10)4-2-5/h2-8H,1H3,(H2,20,21,22);1-3H,12H2;1-4,10H,(H3,8,9,11). The molecule has 0 spiro atoms. The van der Waals surface area contributed by atoms with Crippen molar-refractivity contribution in [2.45, 2.75) is 19.3 Å². The number of halogens is 8. The van der Waals surface area contributed by atoms with Gasteiger partial charge in [0.2, 0.25) is 0 Å². The van der Waals surface area contributed by atoms with E-state index >= 15 is 0 Å². The third kappa shape index (κ3) is 12.7. The summed E-state index contributed by atoms with van der Waals surface area (Å²) in [6.45, 7) is 1.90. The zero-order chi connectivity index (χ0) is 33.9. The van der Waals surface area contributed by atoms with Crippen LogP contribution in [-0.4, -0.2) is 17.2 Å². The maximum atomic E-state index is 12.7. The van der Waals surface area contributed by atoms with Gasteiger partial charge < -0.3 is 32.5 Å². The van der Waals surface area contributed by atoms with Crippen LogP contribution in [0.5, 0.6) is 5.75 Å². The molecule has 4 rings (SSSR count). The fraction of sp³-hybridized carbons (Fsp3) is 0.103. The number of rotatable bonds is 3. The van der Waals surface area contributed by atoms with Gasteiger partial charge in [0.1, 0.15) is 5.75 Å². The predicted molar refractivity (Wildman–Crippen MR) is 162 cm³/mol. The van der Waals surface area contributed by atoms with Crippen LogP contribution in [0.2, 0.25) is 10.0 Å². The lowest BCUT2D eigenvalue weighted by Gasteiger charge is -2.12. The van der Waals surface area contributed by atoms with E-state index in [1.165, 1.54) is 24.3 Å². The minimum Gasteiger partial charge on any atom is -0.508 e. The molecule has 0 aromatic heterocycles. The van der Waals surface area contributed by atoms with Crippen molar-refractivity contribution in [3.05, 3.63) is 112 Å². The third-order valence-corrected chi connectivity index (χ3v) is 5.93. The van der Waals surface area contributed by atoms with E-state index in [-0.39, 0.29) is 22.1 Å². The van der Waals surface area contributed by atoms with Crippen LogP contribution < -0.4 is 27.4 Å². The fourth-order valence-electron chi connectivity index (χ4n) is 3.20. The SMILES string of the molecule is Cc1ccc(NC(=O)Nc2ccc(Cl)c(C(F)(F)F)c2)cc1.NC(=O)Nc1ccc(O)cc1.Nc1ccc(Cl)c(C(F)(F)F)c1. The minimum absolute atomic E-state index is 0.00124. The highest BCUT2D eigenvalue weighted by atomic mass is 35.5. The second-order valence-corrected chi connectivity index (χ2v) is 9.73. The molecule has 0 aliphatic heterocycles. The van der Waals surface area contributed by atoms with Crippen molar-refractivity contribution in [2.75, 3.05) is 21.7 Å². The molecule has 8 N–H and O–H groups in total. The molecule has 240 valence electrons. The molecule has 0 bridgehead atoms. The maximum absolute atomic E-state index is 12.7. The van der Waals surface area contributed by atoms with E-state index < -0.39 is 40.6 Å². The lowest BCUT2D eigenvalue weighted by atomic mass is 10.2. The Morgan fingerprint density at radius 3 is 1.58 bits per heavy atom. The summed E-state index contributed by atoms with van der Waals surface area (Å²) in [6.07, 6.45) is -9.02. The number of hydrogen-bond acceptors (Lipinski definition) is 4. The summed E-state index contributed by atoms with van der Waals surface area (Å²) in [5.41, 5.74) is 10.3. The molecule has 0 radical (unpaired) electrons. The first-order valence-electron chi connectivity index (χ1n) is 12.3. The largest absolute Gasteiger partial charge is 0.508 e. The van der Waals surface area contributed by atoms with E-state index in [9.17, 15) is 35.9 Å². The van der Waals surface area contributed by atoms with Gasteiger partial charge in [-0.05, 0) is 79.7 Å². The van der Waals surface area contributed by atoms with Gasteiger partial charge in [0.05, 0.1) is 21.2 Å². The van der Waals surface area contributed by atoms with Crippen molar-refractivity contribution in [3.8, 4) is 5.75 Å². The van der Waals surface area contributed by atoms with Crippen LogP contribution in [0.3, 0.4) is 0 Å². The molecular formula is C29H25Cl2F6N5O3. The quantitative estimate of drug-likeness (QED) is 0.0731. The van der Waals surface area contributed by atoms with Gasteiger partial charge >= 0.3 is 24.4 Å². The number of amides is 4. The van der Waals surface area contributed by atoms with E-state index in [1.807, 2.05) is 6.92 Å². The second kappa shape index (κ2) is 15.8. The highest BCUT2D eigenvalue weighted by molar-refractivity contribution is 6.31. The van der Waals surface area contributed by atoms with Gasteiger partial charge in [0.15, 0.2) is 0 Å². The normalized spacial score (nSPS) is 10.8. The Morgan fingerprint density at radius 1 is 0.667 bits per heavy atom. The molecular weight excluding hydrogens is 651 g/mol. The average molecular weight is 676 g/mol. The number of carbonyl (C=O) groups is 2. The molecule has 0 unspecified atom stereocenters. The lowest BCUT2D eigenvalue weighted by molar-refractivity contribution is -0.138. The van der Waals surface area contributed by atoms with Gasteiger partial charge in [-0.25, -0.2) is 9.59 Å². The summed E-state index contributed by atoms with van der Waals surface area (Å²) >= 11 is 10.8. The zero-order valence-corrected chi connectivity index (χ0v) is 24.5. The first-order valence-corrected chi connectivity index (χ1v) is 13.1. The van der Waals surface area contributed by atoms with E-state index in [0.29, 0.717) is 11.4 Å². The number of aromatic hydroxyl groups is 1. The highest BCUT2D eigenvalue weighted by Crippen LogP contribution is 2.37. The molecule has 4 amide bonds. The van der Waals surface area contributed by atoms with Crippen LogP contribution in [0.4, 0.5) is 58.7 Å². The number of carbonyl (C=O) groups excluding carboxylic acids is 2. The Hall–Kier alpha value is -4.82. The number of phenols is 1. The van der Waals surface area contributed by atoms with Crippen molar-refractivity contribution in [2.24, 2.45) is 5.73 Å². The summed E-state index contributed by atoms with van der Waals surface area (Å²) in [5.74, 6) is 0.153. The van der Waals surface area contributed by atoms with Gasteiger partial charge in [-0.3, -0.25) is 0 Å². The topological polar surface area (TPSA) is 142 Å².